The second-order valence-electron chi connectivity index (χ2n) is 4.28. The van der Waals surface area contributed by atoms with E-state index in [0.29, 0.717) is 11.4 Å². The summed E-state index contributed by atoms with van der Waals surface area (Å²) in [6, 6.07) is 8.49. The predicted octanol–water partition coefficient (Wildman–Crippen LogP) is 3.88. The average Bonchev–Trinajstić information content (AvgIpc) is 2.34. The fraction of sp³-hybridized carbons (Fsp3) is 0.0714. The summed E-state index contributed by atoms with van der Waals surface area (Å²) in [5.41, 5.74) is 12.5. The molecule has 0 fully saturated rings. The van der Waals surface area contributed by atoms with Gasteiger partial charge in [-0.2, -0.15) is 0 Å². The maximum Gasteiger partial charge on any atom is 0.252 e. The number of anilines is 1. The minimum absolute atomic E-state index is 0.141. The molecule has 104 valence electrons. The highest BCUT2D eigenvalue weighted by Gasteiger charge is 2.16. The van der Waals surface area contributed by atoms with Gasteiger partial charge in [-0.05, 0) is 52.7 Å². The van der Waals surface area contributed by atoms with Crippen LogP contribution < -0.4 is 16.2 Å². The van der Waals surface area contributed by atoms with E-state index < -0.39 is 5.91 Å². The summed E-state index contributed by atoms with van der Waals surface area (Å²) in [5.74, 6) is 0.0696. The zero-order chi connectivity index (χ0) is 14.9. The molecule has 2 aromatic carbocycles. The van der Waals surface area contributed by atoms with Crippen molar-refractivity contribution < 1.29 is 9.53 Å². The van der Waals surface area contributed by atoms with Gasteiger partial charge in [0.25, 0.3) is 5.91 Å². The van der Waals surface area contributed by atoms with Crippen LogP contribution in [0.25, 0.3) is 0 Å². The van der Waals surface area contributed by atoms with Crippen LogP contribution in [0.2, 0.25) is 5.02 Å². The fourth-order valence-electron chi connectivity index (χ4n) is 1.70. The minimum atomic E-state index is -0.655. The predicted molar refractivity (Wildman–Crippen MR) is 83.3 cm³/mol. The number of carbonyl (C=O) groups is 1. The summed E-state index contributed by atoms with van der Waals surface area (Å²) >= 11 is 9.48. The Hall–Kier alpha value is -1.72. The van der Waals surface area contributed by atoms with Crippen molar-refractivity contribution in [1.82, 2.24) is 0 Å². The summed E-state index contributed by atoms with van der Waals surface area (Å²) in [5, 5.41) is 0.228. The van der Waals surface area contributed by atoms with E-state index >= 15 is 0 Å². The number of primary amides is 1. The van der Waals surface area contributed by atoms with Crippen LogP contribution in [0.1, 0.15) is 15.9 Å². The molecule has 0 unspecified atom stereocenters. The molecule has 4 N–H and O–H groups in total. The van der Waals surface area contributed by atoms with Crippen molar-refractivity contribution in [1.29, 1.82) is 0 Å². The van der Waals surface area contributed by atoms with E-state index in [-0.39, 0.29) is 16.3 Å². The van der Waals surface area contributed by atoms with E-state index in [1.807, 2.05) is 19.1 Å². The van der Waals surface area contributed by atoms with Gasteiger partial charge >= 0.3 is 0 Å². The molecule has 2 aromatic rings. The summed E-state index contributed by atoms with van der Waals surface area (Å²) in [4.78, 5) is 11.5. The maximum atomic E-state index is 11.5. The summed E-state index contributed by atoms with van der Waals surface area (Å²) in [7, 11) is 0. The van der Waals surface area contributed by atoms with Crippen LogP contribution in [0.4, 0.5) is 5.69 Å². The van der Waals surface area contributed by atoms with E-state index in [1.165, 1.54) is 12.1 Å². The Labute approximate surface area is 129 Å². The molecule has 0 aliphatic heterocycles. The van der Waals surface area contributed by atoms with Gasteiger partial charge in [-0.3, -0.25) is 4.79 Å². The van der Waals surface area contributed by atoms with Crippen molar-refractivity contribution in [3.8, 4) is 11.5 Å². The van der Waals surface area contributed by atoms with Gasteiger partial charge in [-0.25, -0.2) is 0 Å². The van der Waals surface area contributed by atoms with Crippen molar-refractivity contribution >= 4 is 39.1 Å². The number of hydrogen-bond acceptors (Lipinski definition) is 3. The largest absolute Gasteiger partial charge is 0.454 e. The second-order valence-corrected chi connectivity index (χ2v) is 5.54. The normalized spacial score (nSPS) is 10.3. The third-order valence-electron chi connectivity index (χ3n) is 2.63. The van der Waals surface area contributed by atoms with E-state index in [0.717, 1.165) is 10.0 Å². The molecule has 0 bridgehead atoms. The van der Waals surface area contributed by atoms with Crippen LogP contribution >= 0.6 is 27.5 Å². The van der Waals surface area contributed by atoms with E-state index in [1.54, 1.807) is 6.07 Å². The molecule has 0 radical (unpaired) electrons. The number of amides is 1. The number of nitrogens with two attached hydrogens (primary N) is 2. The third-order valence-corrected chi connectivity index (χ3v) is 3.53. The molecule has 20 heavy (non-hydrogen) atoms. The van der Waals surface area contributed by atoms with Gasteiger partial charge in [0, 0.05) is 5.69 Å². The number of rotatable bonds is 3. The van der Waals surface area contributed by atoms with Crippen molar-refractivity contribution in [2.24, 2.45) is 5.73 Å². The van der Waals surface area contributed by atoms with Crippen molar-refractivity contribution in [2.75, 3.05) is 5.73 Å². The summed E-state index contributed by atoms with van der Waals surface area (Å²) in [6.07, 6.45) is 0. The number of carbonyl (C=O) groups excluding carboxylic acids is 1. The number of hydrogen-bond donors (Lipinski definition) is 2. The number of aryl methyl sites for hydroxylation is 1. The van der Waals surface area contributed by atoms with E-state index in [4.69, 9.17) is 27.8 Å². The van der Waals surface area contributed by atoms with Crippen LogP contribution in [0.3, 0.4) is 0 Å². The molecular weight excluding hydrogens is 344 g/mol. The molecule has 0 atom stereocenters. The van der Waals surface area contributed by atoms with Gasteiger partial charge in [-0.1, -0.05) is 17.7 Å². The van der Waals surface area contributed by atoms with E-state index in [2.05, 4.69) is 15.9 Å². The Morgan fingerprint density at radius 3 is 2.60 bits per heavy atom. The molecule has 6 heteroatoms. The second kappa shape index (κ2) is 5.73. The summed E-state index contributed by atoms with van der Waals surface area (Å²) in [6.45, 7) is 1.96. The molecule has 0 aromatic heterocycles. The molecule has 0 spiro atoms. The smallest absolute Gasteiger partial charge is 0.252 e. The third kappa shape index (κ3) is 3.05. The van der Waals surface area contributed by atoms with Crippen LogP contribution in [0, 0.1) is 6.92 Å². The lowest BCUT2D eigenvalue weighted by molar-refractivity contribution is 0.0998. The quantitative estimate of drug-likeness (QED) is 0.820. The lowest BCUT2D eigenvalue weighted by Gasteiger charge is -2.13. The molecule has 0 saturated carbocycles. The Kier molecular flexibility index (Phi) is 4.20. The topological polar surface area (TPSA) is 78.3 Å². The maximum absolute atomic E-state index is 11.5. The van der Waals surface area contributed by atoms with Crippen LogP contribution in [-0.4, -0.2) is 5.91 Å². The van der Waals surface area contributed by atoms with Crippen LogP contribution in [0.15, 0.2) is 34.8 Å². The molecule has 0 aliphatic carbocycles. The van der Waals surface area contributed by atoms with Gasteiger partial charge in [0.15, 0.2) is 5.75 Å². The molecule has 2 rings (SSSR count). The highest BCUT2D eigenvalue weighted by atomic mass is 79.9. The standard InChI is InChI=1S/C14H12BrClN2O2/c1-7-2-3-12(10(15)4-7)20-13-9(14(18)19)5-8(17)6-11(13)16/h2-6H,17H2,1H3,(H2,18,19). The first-order valence-electron chi connectivity index (χ1n) is 5.71. The molecule has 0 aliphatic rings. The first-order valence-corrected chi connectivity index (χ1v) is 6.88. The average molecular weight is 356 g/mol. The van der Waals surface area contributed by atoms with E-state index in [9.17, 15) is 4.79 Å². The zero-order valence-electron chi connectivity index (χ0n) is 10.6. The number of ether oxygens (including phenoxy) is 1. The Morgan fingerprint density at radius 1 is 1.30 bits per heavy atom. The molecule has 1 amide bonds. The zero-order valence-corrected chi connectivity index (χ0v) is 13.0. The van der Waals surface area contributed by atoms with Gasteiger partial charge in [0.1, 0.15) is 5.75 Å². The number of nitrogen functional groups attached to an aromatic ring is 1. The monoisotopic (exact) mass is 354 g/mol. The first-order chi connectivity index (χ1) is 9.38. The van der Waals surface area contributed by atoms with Gasteiger partial charge in [-0.15, -0.1) is 0 Å². The Morgan fingerprint density at radius 2 is 2.00 bits per heavy atom. The van der Waals surface area contributed by atoms with Crippen molar-refractivity contribution in [3.05, 3.63) is 51.0 Å². The minimum Gasteiger partial charge on any atom is -0.454 e. The lowest BCUT2D eigenvalue weighted by atomic mass is 10.1. The Balaban J connectivity index is 2.50. The Bertz CT molecular complexity index is 689. The molecular formula is C14H12BrClN2O2. The molecule has 0 heterocycles. The number of halogens is 2. The molecule has 0 saturated heterocycles. The van der Waals surface area contributed by atoms with Crippen molar-refractivity contribution in [3.63, 3.8) is 0 Å². The lowest BCUT2D eigenvalue weighted by Crippen LogP contribution is -2.13. The van der Waals surface area contributed by atoms with Gasteiger partial charge in [0.2, 0.25) is 0 Å². The summed E-state index contributed by atoms with van der Waals surface area (Å²) < 4.78 is 6.46. The first kappa shape index (κ1) is 14.7. The highest BCUT2D eigenvalue weighted by Crippen LogP contribution is 2.37. The molecule has 4 nitrogen and oxygen atoms in total. The van der Waals surface area contributed by atoms with Crippen LogP contribution in [-0.2, 0) is 0 Å². The highest BCUT2D eigenvalue weighted by molar-refractivity contribution is 9.10. The fourth-order valence-corrected chi connectivity index (χ4v) is 2.54. The number of benzene rings is 2. The van der Waals surface area contributed by atoms with Gasteiger partial charge in [0.05, 0.1) is 15.1 Å². The van der Waals surface area contributed by atoms with Crippen LogP contribution in [0.5, 0.6) is 11.5 Å². The SMILES string of the molecule is Cc1ccc(Oc2c(Cl)cc(N)cc2C(N)=O)c(Br)c1. The van der Waals surface area contributed by atoms with Crippen molar-refractivity contribution in [2.45, 2.75) is 6.92 Å². The van der Waals surface area contributed by atoms with Gasteiger partial charge < -0.3 is 16.2 Å².